The van der Waals surface area contributed by atoms with Crippen LogP contribution in [0.1, 0.15) is 46.1 Å². The number of nitrogens with one attached hydrogen (secondary N) is 1. The number of hydrogen-bond donors (Lipinski definition) is 1. The van der Waals surface area contributed by atoms with Crippen LogP contribution in [0.4, 0.5) is 0 Å². The molecule has 1 aromatic carbocycles. The van der Waals surface area contributed by atoms with E-state index in [1.165, 1.54) is 18.4 Å². The van der Waals surface area contributed by atoms with Gasteiger partial charge in [-0.25, -0.2) is 0 Å². The average molecular weight is 290 g/mol. The van der Waals surface area contributed by atoms with Crippen LogP contribution in [0.15, 0.2) is 24.3 Å². The Morgan fingerprint density at radius 3 is 2.48 bits per heavy atom. The van der Waals surface area contributed by atoms with E-state index in [2.05, 4.69) is 56.1 Å². The molecule has 0 unspecified atom stereocenters. The standard InChI is InChI=1S/C18H30N2O/c1-6-18(7-2)14-20(17(3,4)13-19-18)12-15-10-8-9-11-16(15)21-5/h8-11,19H,6-7,12-14H2,1-5H3. The van der Waals surface area contributed by atoms with Gasteiger partial charge in [-0.15, -0.1) is 0 Å². The number of benzene rings is 1. The largest absolute Gasteiger partial charge is 0.496 e. The van der Waals surface area contributed by atoms with E-state index < -0.39 is 0 Å². The smallest absolute Gasteiger partial charge is 0.123 e. The Balaban J connectivity index is 2.22. The molecule has 118 valence electrons. The van der Waals surface area contributed by atoms with E-state index in [4.69, 9.17) is 4.74 Å². The number of methoxy groups -OCH3 is 1. The number of ether oxygens (including phenoxy) is 1. The van der Waals surface area contributed by atoms with Crippen LogP contribution in [0.3, 0.4) is 0 Å². The summed E-state index contributed by atoms with van der Waals surface area (Å²) in [6.07, 6.45) is 2.34. The number of rotatable bonds is 5. The number of para-hydroxylation sites is 1. The van der Waals surface area contributed by atoms with E-state index in [-0.39, 0.29) is 11.1 Å². The lowest BCUT2D eigenvalue weighted by Crippen LogP contribution is -2.67. The van der Waals surface area contributed by atoms with Crippen molar-refractivity contribution in [2.75, 3.05) is 20.2 Å². The summed E-state index contributed by atoms with van der Waals surface area (Å²) in [6.45, 7) is 12.3. The summed E-state index contributed by atoms with van der Waals surface area (Å²) in [5.41, 5.74) is 1.68. The molecular weight excluding hydrogens is 260 g/mol. The normalized spacial score (nSPS) is 21.2. The molecule has 1 aromatic rings. The van der Waals surface area contributed by atoms with Crippen LogP contribution < -0.4 is 10.1 Å². The number of piperazine rings is 1. The summed E-state index contributed by atoms with van der Waals surface area (Å²) >= 11 is 0. The molecule has 0 saturated carbocycles. The zero-order valence-corrected chi connectivity index (χ0v) is 14.2. The molecule has 0 aromatic heterocycles. The third-order valence-corrected chi connectivity index (χ3v) is 5.15. The second-order valence-electron chi connectivity index (χ2n) is 6.82. The first-order chi connectivity index (χ1) is 9.96. The Labute approximate surface area is 129 Å². The quantitative estimate of drug-likeness (QED) is 0.899. The highest BCUT2D eigenvalue weighted by molar-refractivity contribution is 5.33. The summed E-state index contributed by atoms with van der Waals surface area (Å²) in [4.78, 5) is 2.61. The zero-order valence-electron chi connectivity index (χ0n) is 14.2. The summed E-state index contributed by atoms with van der Waals surface area (Å²) in [7, 11) is 1.75. The van der Waals surface area contributed by atoms with Crippen LogP contribution in [0.25, 0.3) is 0 Å². The van der Waals surface area contributed by atoms with Crippen LogP contribution in [0, 0.1) is 0 Å². The average Bonchev–Trinajstić information content (AvgIpc) is 2.50. The van der Waals surface area contributed by atoms with Crippen molar-refractivity contribution in [2.24, 2.45) is 0 Å². The highest BCUT2D eigenvalue weighted by Crippen LogP contribution is 2.31. The van der Waals surface area contributed by atoms with Gasteiger partial charge in [-0.2, -0.15) is 0 Å². The van der Waals surface area contributed by atoms with Crippen LogP contribution in [-0.4, -0.2) is 36.2 Å². The Hall–Kier alpha value is -1.06. The van der Waals surface area contributed by atoms with Crippen molar-refractivity contribution in [1.29, 1.82) is 0 Å². The SMILES string of the molecule is CCC1(CC)CN(Cc2ccccc2OC)C(C)(C)CN1. The van der Waals surface area contributed by atoms with Gasteiger partial charge in [0.25, 0.3) is 0 Å². The molecule has 1 fully saturated rings. The molecule has 3 nitrogen and oxygen atoms in total. The topological polar surface area (TPSA) is 24.5 Å². The molecule has 1 aliphatic rings. The highest BCUT2D eigenvalue weighted by atomic mass is 16.5. The lowest BCUT2D eigenvalue weighted by molar-refractivity contribution is 0.0157. The van der Waals surface area contributed by atoms with Crippen LogP contribution in [0.2, 0.25) is 0 Å². The lowest BCUT2D eigenvalue weighted by Gasteiger charge is -2.52. The van der Waals surface area contributed by atoms with Gasteiger partial charge in [0, 0.05) is 36.3 Å². The van der Waals surface area contributed by atoms with E-state index in [0.717, 1.165) is 25.4 Å². The molecule has 2 rings (SSSR count). The van der Waals surface area contributed by atoms with Gasteiger partial charge in [0.2, 0.25) is 0 Å². The molecule has 0 bridgehead atoms. The van der Waals surface area contributed by atoms with Crippen molar-refractivity contribution >= 4 is 0 Å². The van der Waals surface area contributed by atoms with E-state index in [1.807, 2.05) is 6.07 Å². The maximum atomic E-state index is 5.52. The summed E-state index contributed by atoms with van der Waals surface area (Å²) in [5.74, 6) is 0.991. The third-order valence-electron chi connectivity index (χ3n) is 5.15. The molecule has 1 N–H and O–H groups in total. The maximum Gasteiger partial charge on any atom is 0.123 e. The highest BCUT2D eigenvalue weighted by Gasteiger charge is 2.40. The van der Waals surface area contributed by atoms with E-state index in [9.17, 15) is 0 Å². The molecule has 21 heavy (non-hydrogen) atoms. The van der Waals surface area contributed by atoms with Crippen molar-refractivity contribution in [3.05, 3.63) is 29.8 Å². The van der Waals surface area contributed by atoms with Crippen molar-refractivity contribution in [3.63, 3.8) is 0 Å². The Morgan fingerprint density at radius 2 is 1.86 bits per heavy atom. The van der Waals surface area contributed by atoms with Crippen LogP contribution >= 0.6 is 0 Å². The Kier molecular flexibility index (Phi) is 4.95. The minimum atomic E-state index is 0.161. The second-order valence-corrected chi connectivity index (χ2v) is 6.82. The second kappa shape index (κ2) is 6.37. The summed E-state index contributed by atoms with van der Waals surface area (Å²) in [5, 5.41) is 3.79. The summed E-state index contributed by atoms with van der Waals surface area (Å²) in [6, 6.07) is 8.36. The van der Waals surface area contributed by atoms with Crippen LogP contribution in [0.5, 0.6) is 5.75 Å². The minimum absolute atomic E-state index is 0.161. The maximum absolute atomic E-state index is 5.52. The first kappa shape index (κ1) is 16.3. The van der Waals surface area contributed by atoms with Gasteiger partial charge in [0.05, 0.1) is 7.11 Å². The predicted molar refractivity (Wildman–Crippen MR) is 88.8 cm³/mol. The molecule has 3 heteroatoms. The number of hydrogen-bond acceptors (Lipinski definition) is 3. The van der Waals surface area contributed by atoms with E-state index >= 15 is 0 Å². The molecule has 0 amide bonds. The Bertz CT molecular complexity index is 466. The molecular formula is C18H30N2O. The predicted octanol–water partition coefficient (Wildman–Crippen LogP) is 3.44. The fourth-order valence-corrected chi connectivity index (χ4v) is 3.18. The van der Waals surface area contributed by atoms with Gasteiger partial charge in [0.15, 0.2) is 0 Å². The molecule has 0 atom stereocenters. The van der Waals surface area contributed by atoms with Gasteiger partial charge in [-0.1, -0.05) is 32.0 Å². The molecule has 0 spiro atoms. The molecule has 1 heterocycles. The fourth-order valence-electron chi connectivity index (χ4n) is 3.18. The van der Waals surface area contributed by atoms with Gasteiger partial charge in [-0.3, -0.25) is 4.90 Å². The number of nitrogens with zero attached hydrogens (tertiary/aromatic N) is 1. The van der Waals surface area contributed by atoms with Gasteiger partial charge in [0.1, 0.15) is 5.75 Å². The summed E-state index contributed by atoms with van der Waals surface area (Å²) < 4.78 is 5.52. The molecule has 0 aliphatic carbocycles. The van der Waals surface area contributed by atoms with Crippen molar-refractivity contribution in [3.8, 4) is 5.75 Å². The monoisotopic (exact) mass is 290 g/mol. The van der Waals surface area contributed by atoms with E-state index in [0.29, 0.717) is 0 Å². The molecule has 1 saturated heterocycles. The van der Waals surface area contributed by atoms with Gasteiger partial charge in [-0.05, 0) is 32.8 Å². The van der Waals surface area contributed by atoms with E-state index in [1.54, 1.807) is 7.11 Å². The lowest BCUT2D eigenvalue weighted by atomic mass is 9.84. The first-order valence-corrected chi connectivity index (χ1v) is 8.08. The van der Waals surface area contributed by atoms with Gasteiger partial charge >= 0.3 is 0 Å². The first-order valence-electron chi connectivity index (χ1n) is 8.08. The molecule has 0 radical (unpaired) electrons. The fraction of sp³-hybridized carbons (Fsp3) is 0.667. The van der Waals surface area contributed by atoms with Crippen molar-refractivity contribution in [1.82, 2.24) is 10.2 Å². The Morgan fingerprint density at radius 1 is 1.19 bits per heavy atom. The van der Waals surface area contributed by atoms with Crippen molar-refractivity contribution < 1.29 is 4.74 Å². The molecule has 1 aliphatic heterocycles. The zero-order chi connectivity index (χ0) is 15.5. The van der Waals surface area contributed by atoms with Gasteiger partial charge < -0.3 is 10.1 Å². The van der Waals surface area contributed by atoms with Crippen LogP contribution in [-0.2, 0) is 6.54 Å². The third kappa shape index (κ3) is 3.41. The van der Waals surface area contributed by atoms with Crippen molar-refractivity contribution in [2.45, 2.75) is 58.2 Å². The minimum Gasteiger partial charge on any atom is -0.496 e.